The van der Waals surface area contributed by atoms with Gasteiger partial charge >= 0.3 is 5.97 Å². The van der Waals surface area contributed by atoms with Crippen molar-refractivity contribution < 1.29 is 9.90 Å². The number of aryl methyl sites for hydroxylation is 1. The Labute approximate surface area is 154 Å². The molecule has 3 N–H and O–H groups in total. The normalized spacial score (nSPS) is 11.1. The molecule has 0 saturated heterocycles. The Morgan fingerprint density at radius 3 is 2.52 bits per heavy atom. The first-order chi connectivity index (χ1) is 12.0. The van der Waals surface area contributed by atoms with Gasteiger partial charge in [0.25, 0.3) is 0 Å². The lowest BCUT2D eigenvalue weighted by Gasteiger charge is -2.09. The summed E-state index contributed by atoms with van der Waals surface area (Å²) in [7, 11) is 0. The van der Waals surface area contributed by atoms with Crippen molar-refractivity contribution in [3.05, 3.63) is 69.8 Å². The van der Waals surface area contributed by atoms with E-state index in [0.29, 0.717) is 22.7 Å². The van der Waals surface area contributed by atoms with Crippen LogP contribution in [0.25, 0.3) is 6.08 Å². The molecule has 132 valence electrons. The topological polar surface area (TPSA) is 63.3 Å². The number of rotatable bonds is 8. The molecular weight excluding hydrogens is 334 g/mol. The fraction of sp³-hybridized carbons (Fsp3) is 0.286. The van der Waals surface area contributed by atoms with E-state index >= 15 is 0 Å². The molecule has 25 heavy (non-hydrogen) atoms. The summed E-state index contributed by atoms with van der Waals surface area (Å²) in [6.07, 6.45) is 9.13. The van der Waals surface area contributed by atoms with E-state index < -0.39 is 5.97 Å². The summed E-state index contributed by atoms with van der Waals surface area (Å²) in [6, 6.07) is 11.5. The van der Waals surface area contributed by atoms with Crippen molar-refractivity contribution >= 4 is 29.3 Å². The maximum Gasteiger partial charge on any atom is 0.336 e. The molecule has 0 atom stereocenters. The van der Waals surface area contributed by atoms with Gasteiger partial charge in [0.2, 0.25) is 0 Å². The van der Waals surface area contributed by atoms with Crippen LogP contribution in [0.1, 0.15) is 53.2 Å². The maximum atomic E-state index is 11.3. The highest BCUT2D eigenvalue weighted by molar-refractivity contribution is 6.33. The van der Waals surface area contributed by atoms with Crippen molar-refractivity contribution in [3.63, 3.8) is 0 Å². The number of anilines is 1. The molecule has 0 saturated carbocycles. The highest BCUT2D eigenvalue weighted by Gasteiger charge is 2.13. The Morgan fingerprint density at radius 2 is 1.88 bits per heavy atom. The highest BCUT2D eigenvalue weighted by atomic mass is 35.5. The van der Waals surface area contributed by atoms with Crippen LogP contribution in [0.3, 0.4) is 0 Å². The number of allylic oxidation sites excluding steroid dienone is 1. The number of hydrogen-bond acceptors (Lipinski definition) is 2. The van der Waals surface area contributed by atoms with Gasteiger partial charge in [-0.2, -0.15) is 0 Å². The minimum absolute atomic E-state index is 0.192. The number of benzene rings is 2. The lowest BCUT2D eigenvalue weighted by Crippen LogP contribution is -2.05. The van der Waals surface area contributed by atoms with E-state index in [1.54, 1.807) is 0 Å². The van der Waals surface area contributed by atoms with E-state index in [9.17, 15) is 9.90 Å². The molecule has 0 amide bonds. The fourth-order valence-electron chi connectivity index (χ4n) is 2.74. The van der Waals surface area contributed by atoms with Crippen LogP contribution in [0.5, 0.6) is 0 Å². The summed E-state index contributed by atoms with van der Waals surface area (Å²) < 4.78 is 0. The molecule has 0 aromatic heterocycles. The molecule has 0 spiro atoms. The lowest BCUT2D eigenvalue weighted by molar-refractivity contribution is 0.0696. The van der Waals surface area contributed by atoms with E-state index in [-0.39, 0.29) is 5.56 Å². The third-order valence-electron chi connectivity index (χ3n) is 4.22. The van der Waals surface area contributed by atoms with Crippen molar-refractivity contribution in [3.8, 4) is 0 Å². The standard InChI is InChI=1S/C21H24ClNO2/c1-2-3-4-6-15-9-11-16(12-10-15)7-5-8-17-18(21(24)25)13-14-19(22)20(17)23/h5,7,9-14H,2-4,6,8,23H2,1H3,(H,24,25). The number of halogens is 1. The lowest BCUT2D eigenvalue weighted by atomic mass is 10.0. The molecule has 0 aliphatic rings. The second-order valence-corrected chi connectivity index (χ2v) is 6.50. The summed E-state index contributed by atoms with van der Waals surface area (Å²) >= 11 is 6.01. The van der Waals surface area contributed by atoms with Crippen molar-refractivity contribution in [2.24, 2.45) is 0 Å². The van der Waals surface area contributed by atoms with Gasteiger partial charge in [-0.1, -0.05) is 67.8 Å². The second-order valence-electron chi connectivity index (χ2n) is 6.10. The van der Waals surface area contributed by atoms with Crippen molar-refractivity contribution in [1.29, 1.82) is 0 Å². The van der Waals surface area contributed by atoms with Gasteiger partial charge in [0.1, 0.15) is 0 Å². The average Bonchev–Trinajstić information content (AvgIpc) is 2.60. The average molecular weight is 358 g/mol. The molecule has 4 heteroatoms. The molecule has 0 radical (unpaired) electrons. The molecule has 0 bridgehead atoms. The van der Waals surface area contributed by atoms with Gasteiger partial charge in [-0.25, -0.2) is 4.79 Å². The molecule has 2 aromatic carbocycles. The Balaban J connectivity index is 2.06. The number of carboxylic acids is 1. The van der Waals surface area contributed by atoms with Gasteiger partial charge in [-0.05, 0) is 48.1 Å². The summed E-state index contributed by atoms with van der Waals surface area (Å²) in [5.74, 6) is -0.997. The number of nitrogen functional groups attached to an aromatic ring is 1. The quantitative estimate of drug-likeness (QED) is 0.476. The molecule has 3 nitrogen and oxygen atoms in total. The predicted molar refractivity (Wildman–Crippen MR) is 105 cm³/mol. The second kappa shape index (κ2) is 9.28. The monoisotopic (exact) mass is 357 g/mol. The molecule has 0 heterocycles. The van der Waals surface area contributed by atoms with Gasteiger partial charge in [-0.3, -0.25) is 0 Å². The first-order valence-electron chi connectivity index (χ1n) is 8.58. The van der Waals surface area contributed by atoms with E-state index in [4.69, 9.17) is 17.3 Å². The van der Waals surface area contributed by atoms with Gasteiger partial charge in [0.05, 0.1) is 16.3 Å². The van der Waals surface area contributed by atoms with Crippen molar-refractivity contribution in [2.75, 3.05) is 5.73 Å². The number of aromatic carboxylic acids is 1. The Morgan fingerprint density at radius 1 is 1.16 bits per heavy atom. The van der Waals surface area contributed by atoms with Gasteiger partial charge in [0, 0.05) is 0 Å². The van der Waals surface area contributed by atoms with E-state index in [2.05, 4.69) is 31.2 Å². The van der Waals surface area contributed by atoms with Crippen LogP contribution < -0.4 is 5.73 Å². The molecule has 0 fully saturated rings. The van der Waals surface area contributed by atoms with Crippen molar-refractivity contribution in [1.82, 2.24) is 0 Å². The molecule has 0 aliphatic carbocycles. The zero-order valence-corrected chi connectivity index (χ0v) is 15.2. The van der Waals surface area contributed by atoms with Crippen LogP contribution in [-0.2, 0) is 12.8 Å². The van der Waals surface area contributed by atoms with Crippen LogP contribution in [0, 0.1) is 0 Å². The Bertz CT molecular complexity index is 751. The Hall–Kier alpha value is -2.26. The van der Waals surface area contributed by atoms with Crippen LogP contribution in [0.4, 0.5) is 5.69 Å². The summed E-state index contributed by atoms with van der Waals surface area (Å²) in [5.41, 5.74) is 9.45. The minimum atomic E-state index is -0.997. The first-order valence-corrected chi connectivity index (χ1v) is 8.96. The van der Waals surface area contributed by atoms with Crippen LogP contribution >= 0.6 is 11.6 Å². The molecular formula is C21H24ClNO2. The van der Waals surface area contributed by atoms with Gasteiger partial charge in [-0.15, -0.1) is 0 Å². The smallest absolute Gasteiger partial charge is 0.336 e. The number of unbranched alkanes of at least 4 members (excludes halogenated alkanes) is 2. The van der Waals surface area contributed by atoms with Gasteiger partial charge < -0.3 is 10.8 Å². The Kier molecular flexibility index (Phi) is 7.08. The first kappa shape index (κ1) is 19.1. The van der Waals surface area contributed by atoms with Crippen LogP contribution in [-0.4, -0.2) is 11.1 Å². The highest BCUT2D eigenvalue weighted by Crippen LogP contribution is 2.27. The maximum absolute atomic E-state index is 11.3. The largest absolute Gasteiger partial charge is 0.478 e. The molecule has 2 aromatic rings. The fourth-order valence-corrected chi connectivity index (χ4v) is 2.92. The summed E-state index contributed by atoms with van der Waals surface area (Å²) in [5, 5.41) is 9.67. The zero-order chi connectivity index (χ0) is 18.2. The van der Waals surface area contributed by atoms with E-state index in [1.807, 2.05) is 12.2 Å². The molecule has 2 rings (SSSR count). The number of carbonyl (C=O) groups is 1. The SMILES string of the molecule is CCCCCc1ccc(C=CCc2c(C(=O)O)ccc(Cl)c2N)cc1. The van der Waals surface area contributed by atoms with E-state index in [1.165, 1.54) is 37.0 Å². The number of hydrogen-bond donors (Lipinski definition) is 2. The third-order valence-corrected chi connectivity index (χ3v) is 4.54. The van der Waals surface area contributed by atoms with Gasteiger partial charge in [0.15, 0.2) is 0 Å². The van der Waals surface area contributed by atoms with Crippen molar-refractivity contribution in [2.45, 2.75) is 39.0 Å². The molecule has 0 aliphatic heterocycles. The zero-order valence-electron chi connectivity index (χ0n) is 14.5. The summed E-state index contributed by atoms with van der Waals surface area (Å²) in [4.78, 5) is 11.3. The van der Waals surface area contributed by atoms with Crippen LogP contribution in [0.15, 0.2) is 42.5 Å². The predicted octanol–water partition coefficient (Wildman–Crippen LogP) is 5.61. The van der Waals surface area contributed by atoms with E-state index in [0.717, 1.165) is 12.0 Å². The third kappa shape index (κ3) is 5.36. The number of carboxylic acid groups (broad SMARTS) is 1. The van der Waals surface area contributed by atoms with Crippen LogP contribution in [0.2, 0.25) is 5.02 Å². The minimum Gasteiger partial charge on any atom is -0.478 e. The molecule has 0 unspecified atom stereocenters. The summed E-state index contributed by atoms with van der Waals surface area (Å²) in [6.45, 7) is 2.20. The number of nitrogens with two attached hydrogens (primary N) is 1.